The molecule has 0 aromatic carbocycles. The van der Waals surface area contributed by atoms with E-state index in [4.69, 9.17) is 0 Å². The fourth-order valence-corrected chi connectivity index (χ4v) is 0.408. The number of rotatable bonds is 3. The monoisotopic (exact) mass is 370 g/mol. The van der Waals surface area contributed by atoms with Crippen LogP contribution in [0.25, 0.3) is 0 Å². The molecule has 0 aromatic heterocycles. The number of hydrogen-bond donors (Lipinski definition) is 0. The topological polar surface area (TPSA) is 120 Å². The summed E-state index contributed by atoms with van der Waals surface area (Å²) in [4.78, 5) is 28.2. The van der Waals surface area contributed by atoms with Crippen LogP contribution in [-0.2, 0) is 14.4 Å². The van der Waals surface area contributed by atoms with E-state index >= 15 is 0 Å². The average Bonchev–Trinajstić information content (AvgIpc) is 2.18. The van der Waals surface area contributed by atoms with Crippen molar-refractivity contribution >= 4 is 43.8 Å². The fourth-order valence-electron chi connectivity index (χ4n) is 0.408. The first-order valence-corrected chi connectivity index (χ1v) is 4.82. The van der Waals surface area contributed by atoms with E-state index in [-0.39, 0.29) is 25.8 Å². The molecule has 0 heterocycles. The maximum Gasteiger partial charge on any atom is 3.00 e. The van der Waals surface area contributed by atoms with E-state index in [0.29, 0.717) is 0 Å². The summed E-state index contributed by atoms with van der Waals surface area (Å²) in [5.41, 5.74) is 0. The molecule has 0 aliphatic carbocycles. The van der Waals surface area contributed by atoms with Gasteiger partial charge in [0, 0.05) is 0 Å². The maximum atomic E-state index is 9.40. The molecular weight excluding hydrogens is 355 g/mol. The molecule has 0 aliphatic rings. The Morgan fingerprint density at radius 2 is 0.789 bits per heavy atom. The number of allylic oxidation sites excluding steroid dienone is 3. The van der Waals surface area contributed by atoms with Crippen LogP contribution in [0, 0.1) is 0 Å². The summed E-state index contributed by atoms with van der Waals surface area (Å²) in [6, 6.07) is 0. The van der Waals surface area contributed by atoms with Gasteiger partial charge in [0.25, 0.3) is 0 Å². The van der Waals surface area contributed by atoms with Crippen molar-refractivity contribution in [2.75, 3.05) is 0 Å². The quantitative estimate of drug-likeness (QED) is 0.509. The van der Waals surface area contributed by atoms with Crippen molar-refractivity contribution in [2.24, 2.45) is 0 Å². The molecule has 0 bridgehead atoms. The van der Waals surface area contributed by atoms with Crippen LogP contribution in [0.5, 0.6) is 0 Å². The Bertz CT molecular complexity index is 279. The third-order valence-electron chi connectivity index (χ3n) is 0.908. The molecule has 6 nitrogen and oxygen atoms in total. The molecule has 0 aromatic rings. The molecule has 0 spiro atoms. The van der Waals surface area contributed by atoms with Gasteiger partial charge in [0.1, 0.15) is 0 Å². The van der Waals surface area contributed by atoms with Crippen molar-refractivity contribution in [1.82, 2.24) is 0 Å². The first-order valence-electron chi connectivity index (χ1n) is 4.82. The molecule has 0 fully saturated rings. The van der Waals surface area contributed by atoms with E-state index in [0.717, 1.165) is 18.2 Å². The second-order valence-corrected chi connectivity index (χ2v) is 2.46. The Morgan fingerprint density at radius 3 is 0.789 bits per heavy atom. The van der Waals surface area contributed by atoms with Gasteiger partial charge in [-0.3, -0.25) is 0 Å². The van der Waals surface area contributed by atoms with E-state index in [9.17, 15) is 29.7 Å². The van der Waals surface area contributed by atoms with E-state index in [2.05, 4.69) is 0 Å². The van der Waals surface area contributed by atoms with Crippen molar-refractivity contribution in [3.05, 3.63) is 36.5 Å². The summed E-state index contributed by atoms with van der Waals surface area (Å²) in [5.74, 6) is -3.42. The normalized spacial score (nSPS) is 9.00. The zero-order chi connectivity index (χ0) is 15.0. The van der Waals surface area contributed by atoms with Crippen LogP contribution < -0.4 is 15.3 Å². The standard InChI is InChI=1S/3C4H6O2.In/c3*1-2-3-4(5)6;/h3*2-3H,1H3,(H,5,6);/q;;;+3/p-3. The minimum Gasteiger partial charge on any atom is -0.545 e. The summed E-state index contributed by atoms with van der Waals surface area (Å²) in [6.07, 6.45) is 7.15. The number of aliphatic carboxylic acids is 3. The number of carboxylic acid groups (broad SMARTS) is 3. The van der Waals surface area contributed by atoms with Gasteiger partial charge >= 0.3 is 25.8 Å². The summed E-state index contributed by atoms with van der Waals surface area (Å²) in [6.45, 7) is 4.86. The molecule has 0 saturated carbocycles. The van der Waals surface area contributed by atoms with Gasteiger partial charge in [-0.2, -0.15) is 0 Å². The third-order valence-corrected chi connectivity index (χ3v) is 0.908. The molecule has 19 heavy (non-hydrogen) atoms. The van der Waals surface area contributed by atoms with Gasteiger partial charge in [-0.25, -0.2) is 0 Å². The van der Waals surface area contributed by atoms with Gasteiger partial charge < -0.3 is 29.7 Å². The van der Waals surface area contributed by atoms with Crippen LogP contribution in [0.3, 0.4) is 0 Å². The summed E-state index contributed by atoms with van der Waals surface area (Å²) < 4.78 is 0. The number of carboxylic acids is 3. The summed E-state index contributed by atoms with van der Waals surface area (Å²) >= 11 is 0. The van der Waals surface area contributed by atoms with Crippen molar-refractivity contribution < 1.29 is 29.7 Å². The molecule has 102 valence electrons. The second kappa shape index (κ2) is 21.8. The van der Waals surface area contributed by atoms with E-state index < -0.39 is 17.9 Å². The molecule has 7 heteroatoms. The molecule has 0 amide bonds. The van der Waals surface area contributed by atoms with Gasteiger partial charge in [0.15, 0.2) is 0 Å². The Kier molecular flexibility index (Phi) is 29.9. The molecule has 0 radical (unpaired) electrons. The molecule has 0 unspecified atom stereocenters. The van der Waals surface area contributed by atoms with Crippen LogP contribution in [0.15, 0.2) is 36.5 Å². The minimum absolute atomic E-state index is 0. The van der Waals surface area contributed by atoms with Crippen LogP contribution in [0.2, 0.25) is 0 Å². The number of carbonyl (C=O) groups excluding carboxylic acids is 3. The van der Waals surface area contributed by atoms with Crippen LogP contribution >= 0.6 is 0 Å². The van der Waals surface area contributed by atoms with E-state index in [1.807, 2.05) is 0 Å². The predicted octanol–water partition coefficient (Wildman–Crippen LogP) is -2.44. The average molecular weight is 370 g/mol. The minimum atomic E-state index is -1.14. The van der Waals surface area contributed by atoms with Gasteiger partial charge in [0.05, 0.1) is 17.9 Å². The Labute approximate surface area is 130 Å². The SMILES string of the molecule is CC=CC(=O)[O-].CC=CC(=O)[O-].CC=CC(=O)[O-].[In+3]. The molecule has 0 rings (SSSR count). The largest absolute Gasteiger partial charge is 3.00 e. The third kappa shape index (κ3) is 61.7. The smallest absolute Gasteiger partial charge is 0.545 e. The molecule has 0 N–H and O–H groups in total. The molecule has 0 atom stereocenters. The second-order valence-electron chi connectivity index (χ2n) is 2.46. The van der Waals surface area contributed by atoms with Crippen molar-refractivity contribution in [3.8, 4) is 0 Å². The van der Waals surface area contributed by atoms with Gasteiger partial charge in [-0.1, -0.05) is 18.2 Å². The molecular formula is C12H15InO6. The fraction of sp³-hybridized carbons (Fsp3) is 0.250. The van der Waals surface area contributed by atoms with Crippen LogP contribution in [0.4, 0.5) is 0 Å². The summed E-state index contributed by atoms with van der Waals surface area (Å²) in [7, 11) is 0. The van der Waals surface area contributed by atoms with E-state index in [1.165, 1.54) is 18.2 Å². The summed E-state index contributed by atoms with van der Waals surface area (Å²) in [5, 5.41) is 28.2. The van der Waals surface area contributed by atoms with Gasteiger partial charge in [-0.15, -0.1) is 0 Å². The molecule has 0 saturated heterocycles. The van der Waals surface area contributed by atoms with Gasteiger partial charge in [-0.05, 0) is 39.0 Å². The first kappa shape index (κ1) is 26.1. The van der Waals surface area contributed by atoms with Crippen molar-refractivity contribution in [3.63, 3.8) is 0 Å². The van der Waals surface area contributed by atoms with Crippen molar-refractivity contribution in [2.45, 2.75) is 20.8 Å². The Hall–Kier alpha value is -1.50. The Morgan fingerprint density at radius 1 is 0.632 bits per heavy atom. The van der Waals surface area contributed by atoms with E-state index in [1.54, 1.807) is 20.8 Å². The first-order chi connectivity index (χ1) is 8.31. The zero-order valence-corrected chi connectivity index (χ0v) is 14.3. The predicted molar refractivity (Wildman–Crippen MR) is 65.2 cm³/mol. The number of hydrogen-bond acceptors (Lipinski definition) is 6. The van der Waals surface area contributed by atoms with Crippen LogP contribution in [-0.4, -0.2) is 43.8 Å². The molecule has 0 aliphatic heterocycles. The van der Waals surface area contributed by atoms with Crippen LogP contribution in [0.1, 0.15) is 20.8 Å². The maximum absolute atomic E-state index is 9.40. The Balaban J connectivity index is -0.0000000865. The van der Waals surface area contributed by atoms with Gasteiger partial charge in [0.2, 0.25) is 0 Å². The number of carbonyl (C=O) groups is 3. The van der Waals surface area contributed by atoms with Crippen molar-refractivity contribution in [1.29, 1.82) is 0 Å². The zero-order valence-electron chi connectivity index (χ0n) is 11.0.